The van der Waals surface area contributed by atoms with Crippen LogP contribution in [0, 0.1) is 12.3 Å². The van der Waals surface area contributed by atoms with Gasteiger partial charge in [0, 0.05) is 6.54 Å². The highest BCUT2D eigenvalue weighted by Gasteiger charge is 2.34. The Morgan fingerprint density at radius 1 is 1.36 bits per heavy atom. The van der Waals surface area contributed by atoms with E-state index < -0.39 is 18.2 Å². The molecule has 0 aromatic carbocycles. The third-order valence-corrected chi connectivity index (χ3v) is 2.01. The molecule has 1 aliphatic heterocycles. The van der Waals surface area contributed by atoms with Crippen molar-refractivity contribution in [2.75, 3.05) is 6.54 Å². The van der Waals surface area contributed by atoms with Crippen LogP contribution in [0.5, 0.6) is 0 Å². The molecule has 0 bridgehead atoms. The molecule has 2 N–H and O–H groups in total. The Morgan fingerprint density at radius 3 is 2.43 bits per heavy atom. The van der Waals surface area contributed by atoms with E-state index in [4.69, 9.17) is 16.6 Å². The van der Waals surface area contributed by atoms with Gasteiger partial charge in [0.05, 0.1) is 0 Å². The lowest BCUT2D eigenvalue weighted by molar-refractivity contribution is -0.0341. The molecule has 0 aliphatic carbocycles. The lowest BCUT2D eigenvalue weighted by Gasteiger charge is -2.38. The fourth-order valence-corrected chi connectivity index (χ4v) is 1.41. The Bertz CT molecular complexity index is 296. The van der Waals surface area contributed by atoms with Crippen LogP contribution in [0.15, 0.2) is 0 Å². The van der Waals surface area contributed by atoms with Crippen molar-refractivity contribution in [1.29, 1.82) is 0 Å². The number of carboxylic acid groups (broad SMARTS) is 2. The molecule has 14 heavy (non-hydrogen) atoms. The van der Waals surface area contributed by atoms with Gasteiger partial charge in [-0.3, -0.25) is 0 Å². The van der Waals surface area contributed by atoms with Gasteiger partial charge in [0.1, 0.15) is 6.04 Å². The smallest absolute Gasteiger partial charge is 0.427 e. The summed E-state index contributed by atoms with van der Waals surface area (Å²) in [4.78, 5) is 21.4. The molecule has 76 valence electrons. The van der Waals surface area contributed by atoms with Gasteiger partial charge in [0.2, 0.25) is 0 Å². The van der Waals surface area contributed by atoms with Crippen molar-refractivity contribution in [1.82, 2.24) is 10.0 Å². The van der Waals surface area contributed by atoms with Crippen LogP contribution < -0.4 is 0 Å². The van der Waals surface area contributed by atoms with Crippen molar-refractivity contribution < 1.29 is 19.8 Å². The summed E-state index contributed by atoms with van der Waals surface area (Å²) < 4.78 is 0. The fraction of sp³-hybridized carbons (Fsp3) is 0.500. The van der Waals surface area contributed by atoms with E-state index in [2.05, 4.69) is 5.92 Å². The second-order valence-electron chi connectivity index (χ2n) is 2.86. The third kappa shape index (κ3) is 1.71. The molecule has 0 aromatic heterocycles. The maximum absolute atomic E-state index is 10.8. The van der Waals surface area contributed by atoms with Crippen molar-refractivity contribution in [3.63, 3.8) is 0 Å². The number of rotatable bonds is 0. The molecule has 1 atom stereocenters. The molecular formula is C8H10N2O4. The Balaban J connectivity index is 2.90. The Hall–Kier alpha value is -1.90. The van der Waals surface area contributed by atoms with Crippen LogP contribution >= 0.6 is 0 Å². The second-order valence-corrected chi connectivity index (χ2v) is 2.86. The van der Waals surface area contributed by atoms with Crippen molar-refractivity contribution >= 4 is 12.2 Å². The molecule has 1 unspecified atom stereocenters. The lowest BCUT2D eigenvalue weighted by atomic mass is 10.1. The first-order valence-corrected chi connectivity index (χ1v) is 4.06. The highest BCUT2D eigenvalue weighted by molar-refractivity contribution is 5.72. The first-order chi connectivity index (χ1) is 6.57. The summed E-state index contributed by atoms with van der Waals surface area (Å²) >= 11 is 0. The van der Waals surface area contributed by atoms with E-state index in [-0.39, 0.29) is 6.54 Å². The summed E-state index contributed by atoms with van der Waals surface area (Å²) in [6, 6.07) is -0.683. The summed E-state index contributed by atoms with van der Waals surface area (Å²) in [6.07, 6.45) is 3.55. The zero-order chi connectivity index (χ0) is 10.7. The third-order valence-electron chi connectivity index (χ3n) is 2.01. The van der Waals surface area contributed by atoms with E-state index in [1.54, 1.807) is 0 Å². The summed E-state index contributed by atoms with van der Waals surface area (Å²) in [5.41, 5.74) is 0. The van der Waals surface area contributed by atoms with Gasteiger partial charge >= 0.3 is 12.2 Å². The van der Waals surface area contributed by atoms with E-state index in [0.29, 0.717) is 17.9 Å². The van der Waals surface area contributed by atoms with E-state index >= 15 is 0 Å². The summed E-state index contributed by atoms with van der Waals surface area (Å²) in [5, 5.41) is 18.9. The van der Waals surface area contributed by atoms with Crippen LogP contribution in [0.3, 0.4) is 0 Å². The molecule has 6 heteroatoms. The molecule has 1 aliphatic rings. The lowest BCUT2D eigenvalue weighted by Crippen LogP contribution is -2.56. The van der Waals surface area contributed by atoms with Gasteiger partial charge in [0.25, 0.3) is 0 Å². The monoisotopic (exact) mass is 198 g/mol. The van der Waals surface area contributed by atoms with E-state index in [0.717, 1.165) is 5.01 Å². The Labute approximate surface area is 80.7 Å². The van der Waals surface area contributed by atoms with E-state index in [1.165, 1.54) is 0 Å². The van der Waals surface area contributed by atoms with E-state index in [1.807, 2.05) is 0 Å². The second kappa shape index (κ2) is 3.87. The molecule has 1 fully saturated rings. The first-order valence-electron chi connectivity index (χ1n) is 4.06. The summed E-state index contributed by atoms with van der Waals surface area (Å²) in [5.74, 6) is 2.26. The molecule has 0 radical (unpaired) electrons. The topological polar surface area (TPSA) is 81.1 Å². The number of hydrazine groups is 1. The normalized spacial score (nSPS) is 21.5. The van der Waals surface area contributed by atoms with Crippen LogP contribution in [0.2, 0.25) is 0 Å². The predicted octanol–water partition coefficient (Wildman–Crippen LogP) is 0.657. The quantitative estimate of drug-likeness (QED) is 0.560. The number of carbonyl (C=O) groups is 2. The maximum atomic E-state index is 10.8. The zero-order valence-electron chi connectivity index (χ0n) is 7.38. The molecule has 0 spiro atoms. The number of terminal acetylenes is 1. The summed E-state index contributed by atoms with van der Waals surface area (Å²) in [7, 11) is 0. The van der Waals surface area contributed by atoms with Gasteiger partial charge in [-0.25, -0.2) is 14.6 Å². The largest absolute Gasteiger partial charge is 0.464 e. The van der Waals surface area contributed by atoms with Crippen molar-refractivity contribution in [2.45, 2.75) is 18.9 Å². The minimum Gasteiger partial charge on any atom is -0.464 e. The number of amides is 2. The number of nitrogens with zero attached hydrogens (tertiary/aromatic N) is 2. The minimum atomic E-state index is -1.34. The highest BCUT2D eigenvalue weighted by Crippen LogP contribution is 2.17. The first kappa shape index (κ1) is 10.2. The summed E-state index contributed by atoms with van der Waals surface area (Å²) in [6.45, 7) is 0.166. The van der Waals surface area contributed by atoms with Gasteiger partial charge in [0.15, 0.2) is 0 Å². The van der Waals surface area contributed by atoms with Gasteiger partial charge in [-0.15, -0.1) is 6.42 Å². The molecule has 6 nitrogen and oxygen atoms in total. The standard InChI is InChI=1S/C8H10N2O4/c1-2-6-4-3-5-9(7(11)12)10(6)8(13)14/h1,6H,3-5H2,(H,11,12)(H,13,14). The predicted molar refractivity (Wildman–Crippen MR) is 46.4 cm³/mol. The van der Waals surface area contributed by atoms with Crippen LogP contribution in [0.1, 0.15) is 12.8 Å². The number of hydrogen-bond acceptors (Lipinski definition) is 2. The molecule has 0 aromatic rings. The van der Waals surface area contributed by atoms with Crippen LogP contribution in [-0.4, -0.2) is 45.0 Å². The fourth-order valence-electron chi connectivity index (χ4n) is 1.41. The molecule has 1 saturated heterocycles. The van der Waals surface area contributed by atoms with Crippen LogP contribution in [0.25, 0.3) is 0 Å². The van der Waals surface area contributed by atoms with Gasteiger partial charge in [-0.1, -0.05) is 5.92 Å². The SMILES string of the molecule is C#CC1CCCN(C(=O)O)N1C(=O)O. The highest BCUT2D eigenvalue weighted by atomic mass is 16.4. The zero-order valence-corrected chi connectivity index (χ0v) is 7.38. The van der Waals surface area contributed by atoms with Gasteiger partial charge < -0.3 is 10.2 Å². The maximum Gasteiger partial charge on any atom is 0.427 e. The van der Waals surface area contributed by atoms with Crippen molar-refractivity contribution in [2.24, 2.45) is 0 Å². The van der Waals surface area contributed by atoms with Crippen LogP contribution in [0.4, 0.5) is 9.59 Å². The van der Waals surface area contributed by atoms with Crippen molar-refractivity contribution in [3.05, 3.63) is 0 Å². The molecule has 1 rings (SSSR count). The average molecular weight is 198 g/mol. The minimum absolute atomic E-state index is 0.166. The molecule has 0 saturated carbocycles. The average Bonchev–Trinajstić information content (AvgIpc) is 2.16. The number of hydrogen-bond donors (Lipinski definition) is 2. The van der Waals surface area contributed by atoms with Crippen LogP contribution in [-0.2, 0) is 0 Å². The Morgan fingerprint density at radius 2 is 2.00 bits per heavy atom. The molecular weight excluding hydrogens is 188 g/mol. The van der Waals surface area contributed by atoms with Crippen molar-refractivity contribution in [3.8, 4) is 12.3 Å². The van der Waals surface area contributed by atoms with Gasteiger partial charge in [-0.05, 0) is 12.8 Å². The van der Waals surface area contributed by atoms with Gasteiger partial charge in [-0.2, -0.15) is 5.01 Å². The molecule has 1 heterocycles. The Kier molecular flexibility index (Phi) is 2.82. The molecule has 2 amide bonds. The van der Waals surface area contributed by atoms with E-state index in [9.17, 15) is 9.59 Å².